The zero-order valence-electron chi connectivity index (χ0n) is 13.7. The van der Waals surface area contributed by atoms with Gasteiger partial charge in [0.25, 0.3) is 0 Å². The van der Waals surface area contributed by atoms with Crippen molar-refractivity contribution in [2.24, 2.45) is 0 Å². The van der Waals surface area contributed by atoms with Gasteiger partial charge in [0.05, 0.1) is 6.04 Å². The molecule has 3 heteroatoms. The van der Waals surface area contributed by atoms with Crippen LogP contribution in [0.1, 0.15) is 29.9 Å². The minimum Gasteiger partial charge on any atom is -0.448 e. The van der Waals surface area contributed by atoms with Crippen molar-refractivity contribution in [2.45, 2.75) is 24.8 Å². The van der Waals surface area contributed by atoms with Crippen molar-refractivity contribution < 1.29 is 9.53 Å². The first-order valence-corrected chi connectivity index (χ1v) is 8.54. The lowest BCUT2D eigenvalue weighted by molar-refractivity contribution is 0.101. The third-order valence-corrected chi connectivity index (χ3v) is 5.14. The van der Waals surface area contributed by atoms with E-state index in [1.807, 2.05) is 18.2 Å². The number of benzene rings is 2. The summed E-state index contributed by atoms with van der Waals surface area (Å²) in [5.74, 6) is 0.117. The van der Waals surface area contributed by atoms with E-state index in [0.717, 1.165) is 19.4 Å². The number of fused-ring (bicyclic) bond motifs is 3. The molecule has 2 aliphatic rings. The molecule has 1 heterocycles. The van der Waals surface area contributed by atoms with E-state index < -0.39 is 0 Å². The molecular formula is C21H21NO2. The van der Waals surface area contributed by atoms with Gasteiger partial charge in [0.1, 0.15) is 6.61 Å². The van der Waals surface area contributed by atoms with Crippen molar-refractivity contribution in [2.75, 3.05) is 13.2 Å². The number of ether oxygens (including phenoxy) is 1. The van der Waals surface area contributed by atoms with E-state index in [2.05, 4.69) is 43.0 Å². The Labute approximate surface area is 142 Å². The second-order valence-electron chi connectivity index (χ2n) is 6.44. The molecule has 0 spiro atoms. The monoisotopic (exact) mass is 319 g/mol. The van der Waals surface area contributed by atoms with Gasteiger partial charge in [-0.15, -0.1) is 6.58 Å². The molecule has 4 rings (SSSR count). The first-order valence-electron chi connectivity index (χ1n) is 8.54. The molecule has 1 aliphatic heterocycles. The zero-order chi connectivity index (χ0) is 16.5. The zero-order valence-corrected chi connectivity index (χ0v) is 13.7. The summed E-state index contributed by atoms with van der Waals surface area (Å²) in [4.78, 5) is 14.2. The standard InChI is InChI=1S/C21H21NO2/c1-2-15-8-7-13-22(15)21(23)24-14-20-18-11-5-3-9-16(18)17-10-4-6-12-19(17)20/h2-6,9-12,15,20H,1,7-8,13-14H2/t15-/m1/s1. The summed E-state index contributed by atoms with van der Waals surface area (Å²) < 4.78 is 5.69. The molecule has 2 aromatic carbocycles. The molecule has 1 atom stereocenters. The number of nitrogens with zero attached hydrogens (tertiary/aromatic N) is 1. The van der Waals surface area contributed by atoms with Gasteiger partial charge in [0.2, 0.25) is 0 Å². The minimum atomic E-state index is -0.223. The fourth-order valence-corrected chi connectivity index (χ4v) is 3.94. The van der Waals surface area contributed by atoms with E-state index in [-0.39, 0.29) is 18.1 Å². The van der Waals surface area contributed by atoms with Gasteiger partial charge >= 0.3 is 6.09 Å². The molecule has 0 unspecified atom stereocenters. The summed E-state index contributed by atoms with van der Waals surface area (Å²) in [5.41, 5.74) is 4.99. The number of hydrogen-bond donors (Lipinski definition) is 0. The average molecular weight is 319 g/mol. The quantitative estimate of drug-likeness (QED) is 0.775. The minimum absolute atomic E-state index is 0.112. The highest BCUT2D eigenvalue weighted by Gasteiger charge is 2.31. The van der Waals surface area contributed by atoms with E-state index in [0.29, 0.717) is 6.61 Å². The Morgan fingerprint density at radius 1 is 1.12 bits per heavy atom. The van der Waals surface area contributed by atoms with Crippen LogP contribution in [0.15, 0.2) is 61.2 Å². The Morgan fingerprint density at radius 3 is 2.38 bits per heavy atom. The summed E-state index contributed by atoms with van der Waals surface area (Å²) in [6, 6.07) is 16.9. The lowest BCUT2D eigenvalue weighted by atomic mass is 9.98. The van der Waals surface area contributed by atoms with E-state index >= 15 is 0 Å². The van der Waals surface area contributed by atoms with Crippen molar-refractivity contribution in [3.63, 3.8) is 0 Å². The maximum absolute atomic E-state index is 12.5. The number of likely N-dealkylation sites (tertiary alicyclic amines) is 1. The first kappa shape index (κ1) is 15.0. The van der Waals surface area contributed by atoms with E-state index in [9.17, 15) is 4.79 Å². The van der Waals surface area contributed by atoms with E-state index in [4.69, 9.17) is 4.74 Å². The van der Waals surface area contributed by atoms with Gasteiger partial charge in [-0.2, -0.15) is 0 Å². The summed E-state index contributed by atoms with van der Waals surface area (Å²) in [5, 5.41) is 0. The average Bonchev–Trinajstić information content (AvgIpc) is 3.22. The van der Waals surface area contributed by atoms with Crippen LogP contribution in [0.4, 0.5) is 4.79 Å². The topological polar surface area (TPSA) is 29.5 Å². The summed E-state index contributed by atoms with van der Waals surface area (Å²) in [6.45, 7) is 4.96. The third-order valence-electron chi connectivity index (χ3n) is 5.14. The molecule has 1 amide bonds. The van der Waals surface area contributed by atoms with Crippen molar-refractivity contribution in [1.82, 2.24) is 4.90 Å². The summed E-state index contributed by atoms with van der Waals surface area (Å²) in [7, 11) is 0. The molecule has 0 bridgehead atoms. The van der Waals surface area contributed by atoms with Crippen LogP contribution in [0.2, 0.25) is 0 Å². The van der Waals surface area contributed by atoms with Gasteiger partial charge < -0.3 is 9.64 Å². The van der Waals surface area contributed by atoms with Gasteiger partial charge in [0, 0.05) is 12.5 Å². The molecule has 1 fully saturated rings. The number of hydrogen-bond acceptors (Lipinski definition) is 2. The molecular weight excluding hydrogens is 298 g/mol. The van der Waals surface area contributed by atoms with Gasteiger partial charge in [-0.25, -0.2) is 4.79 Å². The van der Waals surface area contributed by atoms with Crippen LogP contribution in [-0.2, 0) is 4.74 Å². The Hall–Kier alpha value is -2.55. The van der Waals surface area contributed by atoms with E-state index in [1.54, 1.807) is 4.90 Å². The van der Waals surface area contributed by atoms with Crippen LogP contribution in [0.25, 0.3) is 11.1 Å². The van der Waals surface area contributed by atoms with Crippen molar-refractivity contribution >= 4 is 6.09 Å². The largest absolute Gasteiger partial charge is 0.448 e. The fourth-order valence-electron chi connectivity index (χ4n) is 3.94. The molecule has 0 radical (unpaired) electrons. The summed E-state index contributed by atoms with van der Waals surface area (Å²) in [6.07, 6.45) is 3.61. The molecule has 122 valence electrons. The van der Waals surface area contributed by atoms with Gasteiger partial charge in [-0.05, 0) is 35.1 Å². The molecule has 0 aromatic heterocycles. The Balaban J connectivity index is 1.55. The molecule has 3 nitrogen and oxygen atoms in total. The van der Waals surface area contributed by atoms with Crippen LogP contribution >= 0.6 is 0 Å². The predicted molar refractivity (Wildman–Crippen MR) is 95.0 cm³/mol. The van der Waals surface area contributed by atoms with Crippen LogP contribution < -0.4 is 0 Å². The molecule has 1 saturated heterocycles. The van der Waals surface area contributed by atoms with Crippen molar-refractivity contribution in [1.29, 1.82) is 0 Å². The Kier molecular flexibility index (Phi) is 3.85. The highest BCUT2D eigenvalue weighted by atomic mass is 16.6. The number of carbonyl (C=O) groups excluding carboxylic acids is 1. The third kappa shape index (κ3) is 2.41. The van der Waals surface area contributed by atoms with Crippen molar-refractivity contribution in [3.8, 4) is 11.1 Å². The number of amides is 1. The van der Waals surface area contributed by atoms with Gasteiger partial charge in [-0.3, -0.25) is 0 Å². The normalized spacial score (nSPS) is 19.0. The number of carbonyl (C=O) groups is 1. The molecule has 24 heavy (non-hydrogen) atoms. The molecule has 1 aliphatic carbocycles. The first-order chi connectivity index (χ1) is 11.8. The lowest BCUT2D eigenvalue weighted by Crippen LogP contribution is -2.35. The van der Waals surface area contributed by atoms with Gasteiger partial charge in [-0.1, -0.05) is 54.6 Å². The second kappa shape index (κ2) is 6.16. The summed E-state index contributed by atoms with van der Waals surface area (Å²) >= 11 is 0. The molecule has 2 aromatic rings. The highest BCUT2D eigenvalue weighted by Crippen LogP contribution is 2.44. The predicted octanol–water partition coefficient (Wildman–Crippen LogP) is 4.59. The fraction of sp³-hybridized carbons (Fsp3) is 0.286. The van der Waals surface area contributed by atoms with Crippen LogP contribution in [-0.4, -0.2) is 30.2 Å². The van der Waals surface area contributed by atoms with Crippen LogP contribution in [0.3, 0.4) is 0 Å². The lowest BCUT2D eigenvalue weighted by Gasteiger charge is -2.23. The number of rotatable bonds is 3. The maximum atomic E-state index is 12.5. The Morgan fingerprint density at radius 2 is 1.75 bits per heavy atom. The van der Waals surface area contributed by atoms with Crippen LogP contribution in [0.5, 0.6) is 0 Å². The SMILES string of the molecule is C=C[C@@H]1CCCN1C(=O)OCC1c2ccccc2-c2ccccc21. The van der Waals surface area contributed by atoms with Crippen LogP contribution in [0, 0.1) is 0 Å². The van der Waals surface area contributed by atoms with Gasteiger partial charge in [0.15, 0.2) is 0 Å². The van der Waals surface area contributed by atoms with Crippen molar-refractivity contribution in [3.05, 3.63) is 72.3 Å². The van der Waals surface area contributed by atoms with E-state index in [1.165, 1.54) is 22.3 Å². The Bertz CT molecular complexity index is 737. The molecule has 0 N–H and O–H groups in total. The maximum Gasteiger partial charge on any atom is 0.410 e. The smallest absolute Gasteiger partial charge is 0.410 e. The second-order valence-corrected chi connectivity index (χ2v) is 6.44. The highest BCUT2D eigenvalue weighted by molar-refractivity contribution is 5.79. The molecule has 0 saturated carbocycles.